The monoisotopic (exact) mass is 346 g/mol. The van der Waals surface area contributed by atoms with E-state index in [0.717, 1.165) is 45.4 Å². The van der Waals surface area contributed by atoms with Crippen molar-refractivity contribution in [3.8, 4) is 0 Å². The lowest BCUT2D eigenvalue weighted by Gasteiger charge is -2.34. The van der Waals surface area contributed by atoms with Gasteiger partial charge in [0.1, 0.15) is 0 Å². The Morgan fingerprint density at radius 1 is 1.12 bits per heavy atom. The zero-order valence-corrected chi connectivity index (χ0v) is 15.3. The maximum absolute atomic E-state index is 12.9. The summed E-state index contributed by atoms with van der Waals surface area (Å²) in [6, 6.07) is 10.5. The van der Waals surface area contributed by atoms with Crippen molar-refractivity contribution in [1.82, 2.24) is 9.80 Å². The van der Waals surface area contributed by atoms with Gasteiger partial charge < -0.3 is 14.7 Å². The Labute approximate surface area is 150 Å². The molecule has 3 atom stereocenters. The number of likely N-dealkylation sites (N-methyl/N-ethyl adjacent to an activating group) is 1. The molecule has 1 aromatic rings. The summed E-state index contributed by atoms with van der Waals surface area (Å²) >= 11 is 0. The molecule has 0 spiro atoms. The fraction of sp³-hybridized carbons (Fsp3) is 0.650. The summed E-state index contributed by atoms with van der Waals surface area (Å²) in [5.74, 6) is -0.189. The Hall–Kier alpha value is -1.43. The molecule has 0 unspecified atom stereocenters. The number of nitrogens with zero attached hydrogens (tertiary/aromatic N) is 2. The highest BCUT2D eigenvalue weighted by atomic mass is 16.5. The molecule has 1 N–H and O–H groups in total. The molecule has 2 aliphatic rings. The molecule has 1 heterocycles. The molecule has 1 saturated carbocycles. The Morgan fingerprint density at radius 2 is 1.80 bits per heavy atom. The van der Waals surface area contributed by atoms with Crippen LogP contribution in [0.25, 0.3) is 0 Å². The van der Waals surface area contributed by atoms with Crippen LogP contribution in [0.2, 0.25) is 0 Å². The Balaban J connectivity index is 1.58. The van der Waals surface area contributed by atoms with E-state index < -0.39 is 6.10 Å². The smallest absolute Gasteiger partial charge is 0.228 e. The van der Waals surface area contributed by atoms with Gasteiger partial charge in [-0.3, -0.25) is 9.69 Å². The Bertz CT molecular complexity index is 559. The van der Waals surface area contributed by atoms with Crippen LogP contribution in [0, 0.1) is 5.92 Å². The van der Waals surface area contributed by atoms with Crippen molar-refractivity contribution in [2.24, 2.45) is 5.92 Å². The second kappa shape index (κ2) is 8.30. The SMILES string of the molecule is CN(C(=O)[C@@H]1CC[C@@H](N(C)Cc2ccccc2)[C@H]1O)C1CCOCC1. The van der Waals surface area contributed by atoms with Gasteiger partial charge in [0.2, 0.25) is 5.91 Å². The van der Waals surface area contributed by atoms with Gasteiger partial charge in [-0.2, -0.15) is 0 Å². The van der Waals surface area contributed by atoms with Crippen molar-refractivity contribution >= 4 is 5.91 Å². The van der Waals surface area contributed by atoms with Gasteiger partial charge in [0, 0.05) is 38.9 Å². The van der Waals surface area contributed by atoms with Crippen molar-refractivity contribution < 1.29 is 14.6 Å². The van der Waals surface area contributed by atoms with E-state index in [1.807, 2.05) is 37.2 Å². The van der Waals surface area contributed by atoms with Crippen LogP contribution in [0.4, 0.5) is 0 Å². The fourth-order valence-corrected chi connectivity index (χ4v) is 4.21. The van der Waals surface area contributed by atoms with E-state index in [9.17, 15) is 9.90 Å². The average molecular weight is 346 g/mol. The topological polar surface area (TPSA) is 53.0 Å². The number of rotatable bonds is 5. The molecule has 25 heavy (non-hydrogen) atoms. The number of hydrogen-bond donors (Lipinski definition) is 1. The van der Waals surface area contributed by atoms with E-state index in [-0.39, 0.29) is 23.9 Å². The molecule has 2 fully saturated rings. The van der Waals surface area contributed by atoms with E-state index in [4.69, 9.17) is 4.74 Å². The van der Waals surface area contributed by atoms with Crippen molar-refractivity contribution in [3.05, 3.63) is 35.9 Å². The van der Waals surface area contributed by atoms with Crippen LogP contribution in [-0.2, 0) is 16.1 Å². The largest absolute Gasteiger partial charge is 0.391 e. The maximum Gasteiger partial charge on any atom is 0.228 e. The molecule has 1 aliphatic carbocycles. The standard InChI is InChI=1S/C20H30N2O3/c1-21(14-15-6-4-3-5-7-15)18-9-8-17(19(18)23)20(24)22(2)16-10-12-25-13-11-16/h3-7,16-19,23H,8-14H2,1-2H3/t17-,18-,19+/m1/s1. The summed E-state index contributed by atoms with van der Waals surface area (Å²) in [4.78, 5) is 16.9. The first kappa shape index (κ1) is 18.4. The molecule has 3 rings (SSSR count). The fourth-order valence-electron chi connectivity index (χ4n) is 4.21. The van der Waals surface area contributed by atoms with Gasteiger partial charge in [-0.25, -0.2) is 0 Å². The Kier molecular flexibility index (Phi) is 6.10. The summed E-state index contributed by atoms with van der Waals surface area (Å²) in [6.45, 7) is 2.23. The zero-order valence-electron chi connectivity index (χ0n) is 15.3. The lowest BCUT2D eigenvalue weighted by Crippen LogP contribution is -2.47. The lowest BCUT2D eigenvalue weighted by molar-refractivity contribution is -0.141. The van der Waals surface area contributed by atoms with Crippen LogP contribution in [0.5, 0.6) is 0 Å². The highest BCUT2D eigenvalue weighted by Gasteiger charge is 2.42. The number of aliphatic hydroxyl groups excluding tert-OH is 1. The van der Waals surface area contributed by atoms with Gasteiger partial charge in [0.25, 0.3) is 0 Å². The second-order valence-corrected chi connectivity index (χ2v) is 7.44. The van der Waals surface area contributed by atoms with Crippen LogP contribution in [0.3, 0.4) is 0 Å². The zero-order chi connectivity index (χ0) is 17.8. The van der Waals surface area contributed by atoms with Crippen molar-refractivity contribution in [3.63, 3.8) is 0 Å². The summed E-state index contributed by atoms with van der Waals surface area (Å²) < 4.78 is 5.39. The first-order valence-electron chi connectivity index (χ1n) is 9.34. The minimum absolute atomic E-state index is 0.0391. The first-order valence-corrected chi connectivity index (χ1v) is 9.34. The summed E-state index contributed by atoms with van der Waals surface area (Å²) in [7, 11) is 3.92. The molecule has 0 aromatic heterocycles. The number of benzene rings is 1. The van der Waals surface area contributed by atoms with Gasteiger partial charge in [-0.05, 0) is 38.3 Å². The third kappa shape index (κ3) is 4.22. The number of carbonyl (C=O) groups is 1. The summed E-state index contributed by atoms with van der Waals surface area (Å²) in [6.07, 6.45) is 2.81. The number of amides is 1. The summed E-state index contributed by atoms with van der Waals surface area (Å²) in [5, 5.41) is 10.8. The van der Waals surface area contributed by atoms with Crippen molar-refractivity contribution in [2.45, 2.75) is 50.4 Å². The van der Waals surface area contributed by atoms with Crippen LogP contribution in [0.15, 0.2) is 30.3 Å². The average Bonchev–Trinajstić information content (AvgIpc) is 3.03. The van der Waals surface area contributed by atoms with Gasteiger partial charge in [-0.15, -0.1) is 0 Å². The minimum atomic E-state index is -0.594. The predicted molar refractivity (Wildman–Crippen MR) is 97.0 cm³/mol. The van der Waals surface area contributed by atoms with E-state index in [1.165, 1.54) is 5.56 Å². The molecule has 1 saturated heterocycles. The number of carbonyl (C=O) groups excluding carboxylic acids is 1. The van der Waals surface area contributed by atoms with Gasteiger partial charge in [0.05, 0.1) is 12.0 Å². The van der Waals surface area contributed by atoms with E-state index in [2.05, 4.69) is 17.0 Å². The number of hydrogen-bond acceptors (Lipinski definition) is 4. The molecule has 5 heteroatoms. The quantitative estimate of drug-likeness (QED) is 0.885. The third-order valence-electron chi connectivity index (χ3n) is 5.82. The van der Waals surface area contributed by atoms with Gasteiger partial charge >= 0.3 is 0 Å². The maximum atomic E-state index is 12.9. The van der Waals surface area contributed by atoms with E-state index in [0.29, 0.717) is 0 Å². The van der Waals surface area contributed by atoms with Crippen LogP contribution < -0.4 is 0 Å². The normalized spacial score (nSPS) is 27.6. The third-order valence-corrected chi connectivity index (χ3v) is 5.82. The van der Waals surface area contributed by atoms with Crippen LogP contribution >= 0.6 is 0 Å². The first-order chi connectivity index (χ1) is 12.1. The molecule has 5 nitrogen and oxygen atoms in total. The molecule has 1 aromatic carbocycles. The van der Waals surface area contributed by atoms with Gasteiger partial charge in [-0.1, -0.05) is 30.3 Å². The Morgan fingerprint density at radius 3 is 2.48 bits per heavy atom. The van der Waals surface area contributed by atoms with Crippen LogP contribution in [0.1, 0.15) is 31.2 Å². The predicted octanol–water partition coefficient (Wildman–Crippen LogP) is 1.90. The molecule has 1 amide bonds. The number of aliphatic hydroxyl groups is 1. The molecular weight excluding hydrogens is 316 g/mol. The second-order valence-electron chi connectivity index (χ2n) is 7.44. The summed E-state index contributed by atoms with van der Waals surface area (Å²) in [5.41, 5.74) is 1.23. The highest BCUT2D eigenvalue weighted by molar-refractivity contribution is 5.80. The number of ether oxygens (including phenoxy) is 1. The van der Waals surface area contributed by atoms with Crippen molar-refractivity contribution in [1.29, 1.82) is 0 Å². The van der Waals surface area contributed by atoms with E-state index >= 15 is 0 Å². The molecular formula is C20H30N2O3. The minimum Gasteiger partial charge on any atom is -0.391 e. The highest BCUT2D eigenvalue weighted by Crippen LogP contribution is 2.32. The molecule has 138 valence electrons. The lowest BCUT2D eigenvalue weighted by atomic mass is 10.00. The molecule has 1 aliphatic heterocycles. The molecule has 0 radical (unpaired) electrons. The van der Waals surface area contributed by atoms with Crippen molar-refractivity contribution in [2.75, 3.05) is 27.3 Å². The van der Waals surface area contributed by atoms with Crippen LogP contribution in [-0.4, -0.2) is 66.3 Å². The van der Waals surface area contributed by atoms with Gasteiger partial charge in [0.15, 0.2) is 0 Å². The van der Waals surface area contributed by atoms with E-state index in [1.54, 1.807) is 0 Å². The molecule has 0 bridgehead atoms.